The van der Waals surface area contributed by atoms with E-state index in [9.17, 15) is 9.59 Å². The molecule has 0 radical (unpaired) electrons. The van der Waals surface area contributed by atoms with Gasteiger partial charge in [0.15, 0.2) is 5.58 Å². The van der Waals surface area contributed by atoms with Gasteiger partial charge < -0.3 is 14.6 Å². The molecule has 1 saturated heterocycles. The number of aromatic nitrogens is 6. The average Bonchev–Trinajstić information content (AvgIpc) is 3.63. The van der Waals surface area contributed by atoms with Crippen LogP contribution in [0, 0.1) is 0 Å². The number of pyridine rings is 1. The first-order valence-electron chi connectivity index (χ1n) is 13.0. The number of alkyl halides is 1. The summed E-state index contributed by atoms with van der Waals surface area (Å²) in [4.78, 5) is 38.1. The maximum Gasteiger partial charge on any atom is 0.272 e. The van der Waals surface area contributed by atoms with Gasteiger partial charge in [0.1, 0.15) is 11.2 Å². The van der Waals surface area contributed by atoms with Gasteiger partial charge in [-0.05, 0) is 35.5 Å². The molecule has 1 fully saturated rings. The van der Waals surface area contributed by atoms with Crippen LogP contribution < -0.4 is 5.32 Å². The van der Waals surface area contributed by atoms with Gasteiger partial charge in [-0.1, -0.05) is 30.3 Å². The highest BCUT2D eigenvalue weighted by Gasteiger charge is 2.46. The van der Waals surface area contributed by atoms with Crippen LogP contribution in [0.3, 0.4) is 0 Å². The van der Waals surface area contributed by atoms with Crippen molar-refractivity contribution in [2.45, 2.75) is 12.7 Å². The molecule has 1 aliphatic rings. The fourth-order valence-electron chi connectivity index (χ4n) is 4.92. The average molecular weight is 556 g/mol. The summed E-state index contributed by atoms with van der Waals surface area (Å²) in [5, 5.41) is 14.7. The van der Waals surface area contributed by atoms with Crippen molar-refractivity contribution < 1.29 is 18.4 Å². The smallest absolute Gasteiger partial charge is 0.272 e. The number of carbonyl (C=O) groups excluding carboxylic acids is 2. The molecular weight excluding hydrogens is 529 g/mol. The summed E-state index contributed by atoms with van der Waals surface area (Å²) in [5.41, 5.74) is 2.92. The molecule has 0 aliphatic carbocycles. The summed E-state index contributed by atoms with van der Waals surface area (Å²) in [6.07, 6.45) is 1.53. The predicted molar refractivity (Wildman–Crippen MR) is 146 cm³/mol. The van der Waals surface area contributed by atoms with Gasteiger partial charge in [-0.25, -0.2) is 9.37 Å². The Balaban J connectivity index is 1.20. The van der Waals surface area contributed by atoms with E-state index >= 15 is 4.39 Å². The van der Waals surface area contributed by atoms with E-state index in [0.29, 0.717) is 33.8 Å². The number of nitrogens with zero attached hydrogens (tertiary/aromatic N) is 8. The van der Waals surface area contributed by atoms with E-state index in [2.05, 4.69) is 30.7 Å². The Bertz CT molecular complexity index is 1730. The number of aryl methyl sites for hydroxylation is 1. The first-order chi connectivity index (χ1) is 19.8. The number of benzene rings is 2. The van der Waals surface area contributed by atoms with Gasteiger partial charge in [0.2, 0.25) is 17.6 Å². The van der Waals surface area contributed by atoms with Gasteiger partial charge in [0.25, 0.3) is 11.7 Å². The first kappa shape index (κ1) is 26.2. The zero-order chi connectivity index (χ0) is 28.6. The normalized spacial score (nSPS) is 15.5. The van der Waals surface area contributed by atoms with E-state index in [1.807, 2.05) is 6.07 Å². The van der Waals surface area contributed by atoms with Crippen LogP contribution in [0.2, 0.25) is 0 Å². The number of nitrogens with one attached hydrogen (secondary N) is 1. The van der Waals surface area contributed by atoms with Gasteiger partial charge in [0, 0.05) is 56.1 Å². The molecule has 208 valence electrons. The van der Waals surface area contributed by atoms with Crippen molar-refractivity contribution in [2.75, 3.05) is 31.5 Å². The fraction of sp³-hybridized carbons (Fsp3) is 0.250. The summed E-state index contributed by atoms with van der Waals surface area (Å²) in [7, 11) is 1.59. The Morgan fingerprint density at radius 2 is 1.80 bits per heavy atom. The molecule has 4 heterocycles. The number of oxazole rings is 1. The molecule has 1 atom stereocenters. The van der Waals surface area contributed by atoms with Gasteiger partial charge in [-0.15, -0.1) is 10.2 Å². The zero-order valence-corrected chi connectivity index (χ0v) is 22.4. The highest BCUT2D eigenvalue weighted by atomic mass is 19.1. The van der Waals surface area contributed by atoms with E-state index in [1.54, 1.807) is 71.4 Å². The van der Waals surface area contributed by atoms with Crippen LogP contribution in [-0.2, 0) is 17.6 Å². The van der Waals surface area contributed by atoms with Crippen molar-refractivity contribution in [3.05, 3.63) is 83.9 Å². The van der Waals surface area contributed by atoms with Crippen LogP contribution in [0.1, 0.15) is 28.8 Å². The molecule has 2 aromatic carbocycles. The Morgan fingerprint density at radius 3 is 2.51 bits per heavy atom. The van der Waals surface area contributed by atoms with Gasteiger partial charge >= 0.3 is 0 Å². The number of carbonyl (C=O) groups is 2. The predicted octanol–water partition coefficient (Wildman–Crippen LogP) is 3.00. The summed E-state index contributed by atoms with van der Waals surface area (Å²) >= 11 is 0. The number of rotatable bonds is 6. The highest BCUT2D eigenvalue weighted by molar-refractivity contribution is 5.94. The zero-order valence-electron chi connectivity index (χ0n) is 22.4. The van der Waals surface area contributed by atoms with Crippen LogP contribution in [0.15, 0.2) is 71.3 Å². The number of piperazine rings is 1. The van der Waals surface area contributed by atoms with E-state index in [4.69, 9.17) is 4.42 Å². The Hall–Kier alpha value is -5.04. The SMILES string of the molecule is CC(=O)Nc1ccc2oc(-c3ccnc(C(=O)N4CCN(C(F)(c5ccccc5)c5nnn(C)n5)CC4)c3)nc2c1. The van der Waals surface area contributed by atoms with Crippen molar-refractivity contribution in [2.24, 2.45) is 7.05 Å². The lowest BCUT2D eigenvalue weighted by Crippen LogP contribution is -2.55. The van der Waals surface area contributed by atoms with E-state index < -0.39 is 5.79 Å². The molecule has 0 bridgehead atoms. The van der Waals surface area contributed by atoms with Gasteiger partial charge in [-0.3, -0.25) is 19.5 Å². The minimum absolute atomic E-state index is 0.0529. The Kier molecular flexibility index (Phi) is 6.71. The largest absolute Gasteiger partial charge is 0.436 e. The first-order valence-corrected chi connectivity index (χ1v) is 13.0. The molecular formula is C28H26FN9O3. The van der Waals surface area contributed by atoms with Crippen LogP contribution in [0.25, 0.3) is 22.6 Å². The second kappa shape index (κ2) is 10.5. The lowest BCUT2D eigenvalue weighted by Gasteiger charge is -2.41. The molecule has 5 aromatic rings. The monoisotopic (exact) mass is 555 g/mol. The van der Waals surface area contributed by atoms with Crippen molar-refractivity contribution in [3.63, 3.8) is 0 Å². The maximum absolute atomic E-state index is 16.8. The lowest BCUT2D eigenvalue weighted by atomic mass is 10.0. The van der Waals surface area contributed by atoms with Crippen LogP contribution in [0.4, 0.5) is 10.1 Å². The number of amides is 2. The molecule has 1 N–H and O–H groups in total. The number of halogens is 1. The Labute approximate surface area is 233 Å². The number of tetrazole rings is 1. The lowest BCUT2D eigenvalue weighted by molar-refractivity contribution is -0.114. The second-order valence-electron chi connectivity index (χ2n) is 9.68. The Morgan fingerprint density at radius 1 is 1.02 bits per heavy atom. The van der Waals surface area contributed by atoms with Crippen LogP contribution >= 0.6 is 0 Å². The summed E-state index contributed by atoms with van der Waals surface area (Å²) in [6, 6.07) is 17.2. The summed E-state index contributed by atoms with van der Waals surface area (Å²) < 4.78 is 22.7. The van der Waals surface area contributed by atoms with Crippen molar-refractivity contribution in [3.8, 4) is 11.5 Å². The van der Waals surface area contributed by atoms with E-state index in [-0.39, 0.29) is 49.5 Å². The summed E-state index contributed by atoms with van der Waals surface area (Å²) in [6.45, 7) is 2.48. The van der Waals surface area contributed by atoms with E-state index in [0.717, 1.165) is 0 Å². The van der Waals surface area contributed by atoms with Crippen LogP contribution in [-0.4, -0.2) is 78.0 Å². The number of fused-ring (bicyclic) bond motifs is 1. The molecule has 0 saturated carbocycles. The van der Waals surface area contributed by atoms with Crippen molar-refractivity contribution >= 4 is 28.6 Å². The van der Waals surface area contributed by atoms with Gasteiger partial charge in [0.05, 0.1) is 7.05 Å². The number of hydrogen-bond acceptors (Lipinski definition) is 9. The number of anilines is 1. The van der Waals surface area contributed by atoms with E-state index in [1.165, 1.54) is 17.9 Å². The quantitative estimate of drug-likeness (QED) is 0.314. The third-order valence-corrected chi connectivity index (χ3v) is 6.90. The molecule has 1 unspecified atom stereocenters. The molecule has 0 spiro atoms. The molecule has 6 rings (SSSR count). The minimum Gasteiger partial charge on any atom is -0.436 e. The van der Waals surface area contributed by atoms with Crippen molar-refractivity contribution in [1.82, 2.24) is 40.0 Å². The highest BCUT2D eigenvalue weighted by Crippen LogP contribution is 2.36. The second-order valence-corrected chi connectivity index (χ2v) is 9.68. The number of hydrogen-bond donors (Lipinski definition) is 1. The summed E-state index contributed by atoms with van der Waals surface area (Å²) in [5.74, 6) is -2.30. The molecule has 3 aromatic heterocycles. The maximum atomic E-state index is 16.8. The van der Waals surface area contributed by atoms with Crippen LogP contribution in [0.5, 0.6) is 0 Å². The molecule has 1 aliphatic heterocycles. The molecule has 41 heavy (non-hydrogen) atoms. The molecule has 12 nitrogen and oxygen atoms in total. The molecule has 13 heteroatoms. The topological polar surface area (TPSA) is 135 Å². The van der Waals surface area contributed by atoms with Crippen molar-refractivity contribution in [1.29, 1.82) is 0 Å². The minimum atomic E-state index is -2.10. The third kappa shape index (κ3) is 5.02. The molecule has 2 amide bonds. The third-order valence-electron chi connectivity index (χ3n) is 6.90. The fourth-order valence-corrected chi connectivity index (χ4v) is 4.92. The standard InChI is InChI=1S/C28H26FN9O3/c1-18(39)31-21-8-9-24-22(17-21)32-25(41-24)19-10-11-30-23(16-19)26(40)37-12-14-38(15-13-37)28(29,20-6-4-3-5-7-20)27-33-35-36(2)34-27/h3-11,16-17H,12-15H2,1-2H3,(H,31,39). The van der Waals surface area contributed by atoms with Gasteiger partial charge in [-0.2, -0.15) is 4.80 Å².